The van der Waals surface area contributed by atoms with E-state index in [1.54, 1.807) is 6.07 Å². The Morgan fingerprint density at radius 1 is 1.26 bits per heavy atom. The van der Waals surface area contributed by atoms with Gasteiger partial charge in [-0.2, -0.15) is 0 Å². The van der Waals surface area contributed by atoms with Crippen molar-refractivity contribution in [1.82, 2.24) is 10.6 Å². The van der Waals surface area contributed by atoms with Crippen molar-refractivity contribution < 1.29 is 14.3 Å². The van der Waals surface area contributed by atoms with E-state index in [1.165, 1.54) is 5.56 Å². The SMILES string of the molecule is CCc1ccc(-c2ccc(C(=O)NCC3CNCC3O)o2)cc1. The monoisotopic (exact) mass is 314 g/mol. The molecule has 2 heterocycles. The first-order valence-corrected chi connectivity index (χ1v) is 8.03. The topological polar surface area (TPSA) is 74.5 Å². The van der Waals surface area contributed by atoms with Crippen LogP contribution in [0.4, 0.5) is 0 Å². The number of β-amino-alcohol motifs (C(OH)–C–C–N with tert-alkyl or cyclic N) is 1. The first kappa shape index (κ1) is 15.8. The summed E-state index contributed by atoms with van der Waals surface area (Å²) < 4.78 is 5.66. The van der Waals surface area contributed by atoms with Gasteiger partial charge in [0.2, 0.25) is 0 Å². The highest BCUT2D eigenvalue weighted by atomic mass is 16.3. The zero-order valence-electron chi connectivity index (χ0n) is 13.2. The zero-order chi connectivity index (χ0) is 16.2. The van der Waals surface area contributed by atoms with Crippen molar-refractivity contribution in [2.24, 2.45) is 5.92 Å². The third-order valence-corrected chi connectivity index (χ3v) is 4.31. The number of aryl methyl sites for hydroxylation is 1. The van der Waals surface area contributed by atoms with Crippen LogP contribution in [-0.2, 0) is 6.42 Å². The molecule has 1 amide bonds. The van der Waals surface area contributed by atoms with Crippen LogP contribution < -0.4 is 10.6 Å². The molecule has 0 saturated carbocycles. The Morgan fingerprint density at radius 3 is 2.70 bits per heavy atom. The number of nitrogens with one attached hydrogen (secondary N) is 2. The molecule has 3 N–H and O–H groups in total. The number of hydrogen-bond acceptors (Lipinski definition) is 4. The van der Waals surface area contributed by atoms with Crippen molar-refractivity contribution in [2.75, 3.05) is 19.6 Å². The van der Waals surface area contributed by atoms with E-state index in [9.17, 15) is 9.90 Å². The lowest BCUT2D eigenvalue weighted by atomic mass is 10.1. The largest absolute Gasteiger partial charge is 0.451 e. The van der Waals surface area contributed by atoms with Crippen LogP contribution >= 0.6 is 0 Å². The van der Waals surface area contributed by atoms with Crippen molar-refractivity contribution >= 4 is 5.91 Å². The number of aliphatic hydroxyl groups is 1. The molecule has 5 nitrogen and oxygen atoms in total. The van der Waals surface area contributed by atoms with Gasteiger partial charge in [-0.25, -0.2) is 0 Å². The molecule has 1 saturated heterocycles. The number of carbonyl (C=O) groups excluding carboxylic acids is 1. The second-order valence-corrected chi connectivity index (χ2v) is 5.91. The van der Waals surface area contributed by atoms with Crippen molar-refractivity contribution in [3.05, 3.63) is 47.7 Å². The fourth-order valence-electron chi connectivity index (χ4n) is 2.76. The number of rotatable bonds is 5. The maximum Gasteiger partial charge on any atom is 0.287 e. The van der Waals surface area contributed by atoms with E-state index in [1.807, 2.05) is 18.2 Å². The average Bonchev–Trinajstić information content (AvgIpc) is 3.22. The molecule has 2 aromatic rings. The highest BCUT2D eigenvalue weighted by Crippen LogP contribution is 2.22. The highest BCUT2D eigenvalue weighted by Gasteiger charge is 2.25. The Hall–Kier alpha value is -2.11. The maximum absolute atomic E-state index is 12.1. The molecule has 0 aliphatic carbocycles. The lowest BCUT2D eigenvalue weighted by Gasteiger charge is -2.13. The lowest BCUT2D eigenvalue weighted by Crippen LogP contribution is -2.34. The molecule has 2 unspecified atom stereocenters. The van der Waals surface area contributed by atoms with Gasteiger partial charge in [0.1, 0.15) is 5.76 Å². The van der Waals surface area contributed by atoms with Crippen LogP contribution in [0.25, 0.3) is 11.3 Å². The summed E-state index contributed by atoms with van der Waals surface area (Å²) in [5.41, 5.74) is 2.22. The van der Waals surface area contributed by atoms with E-state index in [0.717, 1.165) is 12.0 Å². The molecule has 0 radical (unpaired) electrons. The summed E-state index contributed by atoms with van der Waals surface area (Å²) in [6, 6.07) is 11.6. The predicted molar refractivity (Wildman–Crippen MR) is 88.2 cm³/mol. The van der Waals surface area contributed by atoms with Gasteiger partial charge in [0.25, 0.3) is 5.91 Å². The third kappa shape index (κ3) is 3.63. The summed E-state index contributed by atoms with van der Waals surface area (Å²) in [4.78, 5) is 12.1. The van der Waals surface area contributed by atoms with Crippen LogP contribution in [0.2, 0.25) is 0 Å². The summed E-state index contributed by atoms with van der Waals surface area (Å²) in [5.74, 6) is 0.774. The Morgan fingerprint density at radius 2 is 2.04 bits per heavy atom. The van der Waals surface area contributed by atoms with Crippen LogP contribution in [0.3, 0.4) is 0 Å². The molecule has 1 aromatic carbocycles. The summed E-state index contributed by atoms with van der Waals surface area (Å²) in [5, 5.41) is 15.6. The number of carbonyl (C=O) groups is 1. The second kappa shape index (κ2) is 6.98. The van der Waals surface area contributed by atoms with Crippen molar-refractivity contribution in [3.8, 4) is 11.3 Å². The standard InChI is InChI=1S/C18H22N2O3/c1-2-12-3-5-13(6-4-12)16-7-8-17(23-16)18(22)20-10-14-9-19-11-15(14)21/h3-8,14-15,19,21H,2,9-11H2,1H3,(H,20,22). The predicted octanol–water partition coefficient (Wildman–Crippen LogP) is 1.82. The molecule has 3 rings (SSSR count). The van der Waals surface area contributed by atoms with Crippen LogP contribution in [0.1, 0.15) is 23.0 Å². The second-order valence-electron chi connectivity index (χ2n) is 5.91. The number of aliphatic hydroxyl groups excluding tert-OH is 1. The fourth-order valence-corrected chi connectivity index (χ4v) is 2.76. The van der Waals surface area contributed by atoms with E-state index in [-0.39, 0.29) is 11.8 Å². The Balaban J connectivity index is 1.62. The first-order chi connectivity index (χ1) is 11.2. The van der Waals surface area contributed by atoms with Crippen molar-refractivity contribution in [2.45, 2.75) is 19.4 Å². The minimum atomic E-state index is -0.403. The van der Waals surface area contributed by atoms with Gasteiger partial charge >= 0.3 is 0 Å². The van der Waals surface area contributed by atoms with Gasteiger partial charge < -0.3 is 20.2 Å². The molecule has 2 atom stereocenters. The number of amides is 1. The van der Waals surface area contributed by atoms with E-state index < -0.39 is 6.10 Å². The lowest BCUT2D eigenvalue weighted by molar-refractivity contribution is 0.0900. The fraction of sp³-hybridized carbons (Fsp3) is 0.389. The molecule has 122 valence electrons. The third-order valence-electron chi connectivity index (χ3n) is 4.31. The smallest absolute Gasteiger partial charge is 0.287 e. The van der Waals surface area contributed by atoms with Crippen LogP contribution in [-0.4, -0.2) is 36.8 Å². The molecule has 0 spiro atoms. The quantitative estimate of drug-likeness (QED) is 0.787. The van der Waals surface area contributed by atoms with Gasteiger partial charge in [-0.1, -0.05) is 31.2 Å². The van der Waals surface area contributed by atoms with Crippen LogP contribution in [0, 0.1) is 5.92 Å². The minimum Gasteiger partial charge on any atom is -0.451 e. The summed E-state index contributed by atoms with van der Waals surface area (Å²) in [7, 11) is 0. The van der Waals surface area contributed by atoms with Gasteiger partial charge in [-0.3, -0.25) is 4.79 Å². The first-order valence-electron chi connectivity index (χ1n) is 8.03. The Labute approximate surface area is 135 Å². The van der Waals surface area contributed by atoms with E-state index >= 15 is 0 Å². The van der Waals surface area contributed by atoms with Crippen LogP contribution in [0.15, 0.2) is 40.8 Å². The molecule has 1 aliphatic rings. The number of hydrogen-bond donors (Lipinski definition) is 3. The van der Waals surface area contributed by atoms with Gasteiger partial charge in [0, 0.05) is 31.1 Å². The molecule has 1 aliphatic heterocycles. The van der Waals surface area contributed by atoms with Crippen molar-refractivity contribution in [1.29, 1.82) is 0 Å². The number of benzene rings is 1. The van der Waals surface area contributed by atoms with E-state index in [0.29, 0.717) is 31.2 Å². The van der Waals surface area contributed by atoms with Gasteiger partial charge in [0.15, 0.2) is 5.76 Å². The highest BCUT2D eigenvalue weighted by molar-refractivity contribution is 5.92. The van der Waals surface area contributed by atoms with Gasteiger partial charge in [-0.05, 0) is 24.1 Å². The minimum absolute atomic E-state index is 0.0509. The average molecular weight is 314 g/mol. The van der Waals surface area contributed by atoms with Gasteiger partial charge in [0.05, 0.1) is 6.10 Å². The summed E-state index contributed by atoms with van der Waals surface area (Å²) in [6.45, 7) is 3.85. The molecular formula is C18H22N2O3. The maximum atomic E-state index is 12.1. The molecule has 0 bridgehead atoms. The Kier molecular flexibility index (Phi) is 4.79. The van der Waals surface area contributed by atoms with Crippen molar-refractivity contribution in [3.63, 3.8) is 0 Å². The molecule has 1 aromatic heterocycles. The normalized spacial score (nSPS) is 20.6. The molecule has 5 heteroatoms. The van der Waals surface area contributed by atoms with E-state index in [2.05, 4.69) is 29.7 Å². The van der Waals surface area contributed by atoms with Gasteiger partial charge in [-0.15, -0.1) is 0 Å². The molecular weight excluding hydrogens is 292 g/mol. The zero-order valence-corrected chi connectivity index (χ0v) is 13.2. The summed E-state index contributed by atoms with van der Waals surface area (Å²) in [6.07, 6.45) is 0.591. The Bertz CT molecular complexity index is 663. The molecule has 1 fully saturated rings. The number of furan rings is 1. The summed E-state index contributed by atoms with van der Waals surface area (Å²) >= 11 is 0. The van der Waals surface area contributed by atoms with Crippen LogP contribution in [0.5, 0.6) is 0 Å². The van der Waals surface area contributed by atoms with E-state index in [4.69, 9.17) is 4.42 Å². The molecule has 23 heavy (non-hydrogen) atoms.